The minimum absolute atomic E-state index is 0.0142. The lowest BCUT2D eigenvalue weighted by Crippen LogP contribution is -2.52. The van der Waals surface area contributed by atoms with Crippen molar-refractivity contribution in [1.82, 2.24) is 0 Å². The van der Waals surface area contributed by atoms with E-state index in [9.17, 15) is 10.2 Å². The Morgan fingerprint density at radius 2 is 2.17 bits per heavy atom. The van der Waals surface area contributed by atoms with Crippen LogP contribution in [0.1, 0.15) is 32.1 Å². The van der Waals surface area contributed by atoms with Crippen LogP contribution in [0.15, 0.2) is 0 Å². The summed E-state index contributed by atoms with van der Waals surface area (Å²) in [5, 5.41) is 18.7. The maximum absolute atomic E-state index is 9.52. The van der Waals surface area contributed by atoms with Crippen molar-refractivity contribution in [3.63, 3.8) is 0 Å². The average molecular weight is 172 g/mol. The topological polar surface area (TPSA) is 49.7 Å². The fourth-order valence-corrected chi connectivity index (χ4v) is 2.31. The van der Waals surface area contributed by atoms with E-state index in [2.05, 4.69) is 0 Å². The van der Waals surface area contributed by atoms with E-state index in [-0.39, 0.29) is 24.4 Å². The molecule has 2 aliphatic heterocycles. The summed E-state index contributed by atoms with van der Waals surface area (Å²) in [6, 6.07) is 0. The molecule has 70 valence electrons. The van der Waals surface area contributed by atoms with Crippen molar-refractivity contribution in [3.05, 3.63) is 0 Å². The van der Waals surface area contributed by atoms with Crippen LogP contribution < -0.4 is 0 Å². The first-order chi connectivity index (χ1) is 5.76. The van der Waals surface area contributed by atoms with Crippen molar-refractivity contribution >= 4 is 0 Å². The number of aliphatic hydroxyl groups is 2. The van der Waals surface area contributed by atoms with Crippen LogP contribution in [0.2, 0.25) is 0 Å². The van der Waals surface area contributed by atoms with Gasteiger partial charge in [0.15, 0.2) is 0 Å². The van der Waals surface area contributed by atoms with Crippen molar-refractivity contribution < 1.29 is 14.9 Å². The summed E-state index contributed by atoms with van der Waals surface area (Å²) in [5.41, 5.74) is -0.303. The van der Waals surface area contributed by atoms with Crippen LogP contribution in [0.4, 0.5) is 0 Å². The smallest absolute Gasteiger partial charge is 0.0918 e. The van der Waals surface area contributed by atoms with Crippen molar-refractivity contribution in [2.24, 2.45) is 0 Å². The number of fused-ring (bicyclic) bond motifs is 2. The summed E-state index contributed by atoms with van der Waals surface area (Å²) in [4.78, 5) is 0. The SMILES string of the molecule is OCC12CCCC(O1)C(O)CC2. The molecule has 0 saturated carbocycles. The maximum atomic E-state index is 9.52. The molecule has 0 aromatic carbocycles. The first-order valence-corrected chi connectivity index (χ1v) is 4.72. The van der Waals surface area contributed by atoms with Gasteiger partial charge >= 0.3 is 0 Å². The van der Waals surface area contributed by atoms with Gasteiger partial charge in [0.2, 0.25) is 0 Å². The zero-order valence-electron chi connectivity index (χ0n) is 7.20. The molecule has 0 aliphatic carbocycles. The van der Waals surface area contributed by atoms with Crippen molar-refractivity contribution in [2.45, 2.75) is 49.9 Å². The molecule has 0 radical (unpaired) electrons. The van der Waals surface area contributed by atoms with Gasteiger partial charge < -0.3 is 14.9 Å². The van der Waals surface area contributed by atoms with Gasteiger partial charge in [-0.1, -0.05) is 0 Å². The molecule has 0 spiro atoms. The van der Waals surface area contributed by atoms with E-state index in [1.54, 1.807) is 0 Å². The van der Waals surface area contributed by atoms with Gasteiger partial charge in [-0.3, -0.25) is 0 Å². The monoisotopic (exact) mass is 172 g/mol. The largest absolute Gasteiger partial charge is 0.393 e. The van der Waals surface area contributed by atoms with Gasteiger partial charge in [0, 0.05) is 0 Å². The van der Waals surface area contributed by atoms with Crippen molar-refractivity contribution in [1.29, 1.82) is 0 Å². The third-order valence-electron chi connectivity index (χ3n) is 3.14. The lowest BCUT2D eigenvalue weighted by molar-refractivity contribution is -0.214. The van der Waals surface area contributed by atoms with Crippen LogP contribution in [-0.4, -0.2) is 34.6 Å². The van der Waals surface area contributed by atoms with Crippen molar-refractivity contribution in [3.8, 4) is 0 Å². The van der Waals surface area contributed by atoms with Crippen LogP contribution in [0, 0.1) is 0 Å². The minimum atomic E-state index is -0.303. The Hall–Kier alpha value is -0.120. The minimum Gasteiger partial charge on any atom is -0.393 e. The van der Waals surface area contributed by atoms with Gasteiger partial charge in [0.1, 0.15) is 0 Å². The molecule has 0 aromatic heterocycles. The Morgan fingerprint density at radius 1 is 1.33 bits per heavy atom. The number of aliphatic hydroxyl groups excluding tert-OH is 2. The highest BCUT2D eigenvalue weighted by molar-refractivity contribution is 4.93. The molecular weight excluding hydrogens is 156 g/mol. The predicted octanol–water partition coefficient (Wildman–Crippen LogP) is 0.441. The Labute approximate surface area is 72.3 Å². The summed E-state index contributed by atoms with van der Waals surface area (Å²) < 4.78 is 5.67. The quantitative estimate of drug-likeness (QED) is 0.603. The number of ether oxygens (including phenoxy) is 1. The lowest BCUT2D eigenvalue weighted by atomic mass is 9.81. The van der Waals surface area contributed by atoms with Gasteiger partial charge in [-0.2, -0.15) is 0 Å². The van der Waals surface area contributed by atoms with E-state index in [1.807, 2.05) is 0 Å². The number of hydrogen-bond donors (Lipinski definition) is 2. The van der Waals surface area contributed by atoms with E-state index in [0.717, 1.165) is 32.1 Å². The van der Waals surface area contributed by atoms with Crippen molar-refractivity contribution in [2.75, 3.05) is 6.61 Å². The van der Waals surface area contributed by atoms with Crippen LogP contribution in [0.5, 0.6) is 0 Å². The van der Waals surface area contributed by atoms with Gasteiger partial charge in [0.25, 0.3) is 0 Å². The molecule has 3 unspecified atom stereocenters. The van der Waals surface area contributed by atoms with Crippen LogP contribution in [0.25, 0.3) is 0 Å². The van der Waals surface area contributed by atoms with E-state index in [1.165, 1.54) is 0 Å². The normalized spacial score (nSPS) is 47.5. The highest BCUT2D eigenvalue weighted by Crippen LogP contribution is 2.38. The average Bonchev–Trinajstić information content (AvgIpc) is 2.13. The Kier molecular flexibility index (Phi) is 2.10. The molecule has 2 saturated heterocycles. The number of rotatable bonds is 1. The predicted molar refractivity (Wildman–Crippen MR) is 43.8 cm³/mol. The second-order valence-electron chi connectivity index (χ2n) is 4.00. The van der Waals surface area contributed by atoms with E-state index >= 15 is 0 Å². The van der Waals surface area contributed by atoms with Gasteiger partial charge in [0.05, 0.1) is 24.4 Å². The number of hydrogen-bond acceptors (Lipinski definition) is 3. The Bertz CT molecular complexity index is 171. The molecule has 2 N–H and O–H groups in total. The molecule has 12 heavy (non-hydrogen) atoms. The van der Waals surface area contributed by atoms with E-state index < -0.39 is 0 Å². The summed E-state index contributed by atoms with van der Waals surface area (Å²) >= 11 is 0. The zero-order valence-corrected chi connectivity index (χ0v) is 7.20. The molecule has 3 atom stereocenters. The fourth-order valence-electron chi connectivity index (χ4n) is 2.31. The molecule has 2 bridgehead atoms. The van der Waals surface area contributed by atoms with Gasteiger partial charge in [-0.05, 0) is 32.1 Å². The molecular formula is C9H16O3. The molecule has 3 heteroatoms. The molecule has 0 amide bonds. The van der Waals surface area contributed by atoms with Crippen LogP contribution in [0.3, 0.4) is 0 Å². The maximum Gasteiger partial charge on any atom is 0.0918 e. The summed E-state index contributed by atoms with van der Waals surface area (Å²) in [7, 11) is 0. The van der Waals surface area contributed by atoms with Crippen LogP contribution >= 0.6 is 0 Å². The second-order valence-corrected chi connectivity index (χ2v) is 4.00. The Morgan fingerprint density at radius 3 is 2.92 bits per heavy atom. The fraction of sp³-hybridized carbons (Fsp3) is 1.00. The first-order valence-electron chi connectivity index (χ1n) is 4.72. The van der Waals surface area contributed by atoms with E-state index in [4.69, 9.17) is 4.74 Å². The summed E-state index contributed by atoms with van der Waals surface area (Å²) in [6.07, 6.45) is 4.24. The highest BCUT2D eigenvalue weighted by Gasteiger charge is 2.43. The third-order valence-corrected chi connectivity index (χ3v) is 3.14. The second kappa shape index (κ2) is 2.98. The molecule has 2 fully saturated rings. The zero-order chi connectivity index (χ0) is 8.60. The molecule has 2 rings (SSSR count). The molecule has 2 heterocycles. The molecule has 0 aromatic rings. The molecule has 3 nitrogen and oxygen atoms in total. The van der Waals surface area contributed by atoms with E-state index in [0.29, 0.717) is 0 Å². The first kappa shape index (κ1) is 8.48. The standard InChI is InChI=1S/C9H16O3/c10-6-9-4-1-2-8(12-9)7(11)3-5-9/h7-8,10-11H,1-6H2. The van der Waals surface area contributed by atoms with Gasteiger partial charge in [-0.15, -0.1) is 0 Å². The third kappa shape index (κ3) is 1.26. The van der Waals surface area contributed by atoms with Crippen LogP contribution in [-0.2, 0) is 4.74 Å². The highest BCUT2D eigenvalue weighted by atomic mass is 16.5. The molecule has 2 aliphatic rings. The summed E-state index contributed by atoms with van der Waals surface area (Å²) in [6.45, 7) is 0.107. The summed E-state index contributed by atoms with van der Waals surface area (Å²) in [5.74, 6) is 0. The Balaban J connectivity index is 2.09. The van der Waals surface area contributed by atoms with Gasteiger partial charge in [-0.25, -0.2) is 0 Å². The lowest BCUT2D eigenvalue weighted by Gasteiger charge is -2.46.